The maximum Gasteiger partial charge on any atom is 0.284 e. The van der Waals surface area contributed by atoms with Gasteiger partial charge < -0.3 is 4.42 Å². The summed E-state index contributed by atoms with van der Waals surface area (Å²) in [7, 11) is 0. The summed E-state index contributed by atoms with van der Waals surface area (Å²) in [5.74, 6) is 1.76. The Balaban J connectivity index is 1.74. The SMILES string of the molecule is S=c1[nH]nc(CSc2nnc(-c3ccncc3)n2-c2ccccc2)o1. The van der Waals surface area contributed by atoms with Crippen LogP contribution < -0.4 is 0 Å². The Labute approximate surface area is 152 Å². The quantitative estimate of drug-likeness (QED) is 0.425. The van der Waals surface area contributed by atoms with Gasteiger partial charge in [0.15, 0.2) is 11.0 Å². The van der Waals surface area contributed by atoms with Crippen molar-refractivity contribution in [2.45, 2.75) is 10.9 Å². The second-order valence-corrected chi connectivity index (χ2v) is 6.32. The van der Waals surface area contributed by atoms with E-state index in [9.17, 15) is 0 Å². The molecule has 0 aliphatic carbocycles. The normalized spacial score (nSPS) is 10.9. The molecule has 0 fully saturated rings. The molecule has 3 heterocycles. The molecular formula is C16H12N6OS2. The Morgan fingerprint density at radius 1 is 1.08 bits per heavy atom. The van der Waals surface area contributed by atoms with E-state index in [1.807, 2.05) is 47.0 Å². The number of benzene rings is 1. The molecule has 0 unspecified atom stereocenters. The lowest BCUT2D eigenvalue weighted by atomic mass is 10.2. The number of hydrogen-bond acceptors (Lipinski definition) is 7. The van der Waals surface area contributed by atoms with Crippen LogP contribution in [0.4, 0.5) is 0 Å². The molecule has 3 aromatic heterocycles. The zero-order chi connectivity index (χ0) is 17.1. The van der Waals surface area contributed by atoms with Crippen molar-refractivity contribution in [3.63, 3.8) is 0 Å². The van der Waals surface area contributed by atoms with E-state index in [4.69, 9.17) is 16.6 Å². The first-order valence-corrected chi connectivity index (χ1v) is 8.79. The Hall–Kier alpha value is -2.78. The van der Waals surface area contributed by atoms with Crippen molar-refractivity contribution in [2.24, 2.45) is 0 Å². The number of rotatable bonds is 5. The van der Waals surface area contributed by atoms with Crippen molar-refractivity contribution in [2.75, 3.05) is 0 Å². The summed E-state index contributed by atoms with van der Waals surface area (Å²) in [6, 6.07) is 13.8. The molecule has 0 spiro atoms. The molecule has 9 heteroatoms. The van der Waals surface area contributed by atoms with Gasteiger partial charge in [0.05, 0.1) is 5.75 Å². The Bertz CT molecular complexity index is 1030. The molecule has 0 saturated carbocycles. The highest BCUT2D eigenvalue weighted by Gasteiger charge is 2.16. The van der Waals surface area contributed by atoms with Crippen LogP contribution in [0.25, 0.3) is 17.1 Å². The Morgan fingerprint density at radius 2 is 1.88 bits per heavy atom. The second kappa shape index (κ2) is 6.99. The first-order valence-electron chi connectivity index (χ1n) is 7.40. The molecule has 1 N–H and O–H groups in total. The van der Waals surface area contributed by atoms with E-state index in [0.717, 1.165) is 22.2 Å². The zero-order valence-corrected chi connectivity index (χ0v) is 14.5. The molecule has 124 valence electrons. The molecule has 25 heavy (non-hydrogen) atoms. The number of hydrogen-bond donors (Lipinski definition) is 1. The summed E-state index contributed by atoms with van der Waals surface area (Å²) in [6.45, 7) is 0. The minimum Gasteiger partial charge on any atom is -0.413 e. The molecule has 0 amide bonds. The number of nitrogens with one attached hydrogen (secondary N) is 1. The molecule has 0 aliphatic rings. The predicted molar refractivity (Wildman–Crippen MR) is 95.8 cm³/mol. The number of aromatic amines is 1. The van der Waals surface area contributed by atoms with Crippen molar-refractivity contribution in [3.05, 3.63) is 65.6 Å². The fourth-order valence-electron chi connectivity index (χ4n) is 2.31. The van der Waals surface area contributed by atoms with Crippen molar-refractivity contribution in [1.29, 1.82) is 0 Å². The van der Waals surface area contributed by atoms with E-state index in [0.29, 0.717) is 11.6 Å². The van der Waals surface area contributed by atoms with Gasteiger partial charge in [0.25, 0.3) is 4.84 Å². The van der Waals surface area contributed by atoms with E-state index in [-0.39, 0.29) is 4.84 Å². The summed E-state index contributed by atoms with van der Waals surface area (Å²) in [6.07, 6.45) is 3.47. The Kier molecular flexibility index (Phi) is 4.40. The van der Waals surface area contributed by atoms with E-state index >= 15 is 0 Å². The van der Waals surface area contributed by atoms with Gasteiger partial charge in [-0.3, -0.25) is 9.55 Å². The lowest BCUT2D eigenvalue weighted by Crippen LogP contribution is -1.99. The molecule has 4 rings (SSSR count). The molecule has 0 radical (unpaired) electrons. The van der Waals surface area contributed by atoms with Gasteiger partial charge in [-0.15, -0.1) is 15.3 Å². The van der Waals surface area contributed by atoms with Crippen molar-refractivity contribution in [1.82, 2.24) is 29.9 Å². The van der Waals surface area contributed by atoms with Crippen molar-refractivity contribution >= 4 is 24.0 Å². The van der Waals surface area contributed by atoms with Crippen LogP contribution in [-0.2, 0) is 5.75 Å². The van der Waals surface area contributed by atoms with Crippen molar-refractivity contribution < 1.29 is 4.42 Å². The number of nitrogens with zero attached hydrogens (tertiary/aromatic N) is 5. The number of pyridine rings is 1. The van der Waals surface area contributed by atoms with Crippen LogP contribution in [0.5, 0.6) is 0 Å². The lowest BCUT2D eigenvalue weighted by molar-refractivity contribution is 0.500. The number of para-hydroxylation sites is 1. The first kappa shape index (κ1) is 15.7. The summed E-state index contributed by atoms with van der Waals surface area (Å²) in [5, 5.41) is 16.1. The highest BCUT2D eigenvalue weighted by molar-refractivity contribution is 7.98. The fraction of sp³-hybridized carbons (Fsp3) is 0.0625. The van der Waals surface area contributed by atoms with Crippen LogP contribution in [-0.4, -0.2) is 29.9 Å². The minimum absolute atomic E-state index is 0.262. The van der Waals surface area contributed by atoms with Crippen LogP contribution >= 0.6 is 24.0 Å². The van der Waals surface area contributed by atoms with Gasteiger partial charge in [0.1, 0.15) is 0 Å². The topological polar surface area (TPSA) is 85.4 Å². The average Bonchev–Trinajstić information content (AvgIpc) is 3.27. The summed E-state index contributed by atoms with van der Waals surface area (Å²) >= 11 is 6.38. The highest BCUT2D eigenvalue weighted by Crippen LogP contribution is 2.29. The van der Waals surface area contributed by atoms with Gasteiger partial charge in [-0.05, 0) is 36.5 Å². The molecule has 0 atom stereocenters. The lowest BCUT2D eigenvalue weighted by Gasteiger charge is -2.09. The minimum atomic E-state index is 0.262. The molecule has 0 saturated heterocycles. The van der Waals surface area contributed by atoms with Crippen LogP contribution in [0.3, 0.4) is 0 Å². The largest absolute Gasteiger partial charge is 0.413 e. The van der Waals surface area contributed by atoms with E-state index < -0.39 is 0 Å². The molecule has 7 nitrogen and oxygen atoms in total. The molecule has 0 aliphatic heterocycles. The third-order valence-electron chi connectivity index (χ3n) is 3.39. The van der Waals surface area contributed by atoms with Gasteiger partial charge in [0.2, 0.25) is 5.89 Å². The Morgan fingerprint density at radius 3 is 2.60 bits per heavy atom. The third-order valence-corrected chi connectivity index (χ3v) is 4.48. The highest BCUT2D eigenvalue weighted by atomic mass is 32.2. The second-order valence-electron chi connectivity index (χ2n) is 5.01. The van der Waals surface area contributed by atoms with E-state index in [2.05, 4.69) is 25.4 Å². The maximum atomic E-state index is 5.30. The summed E-state index contributed by atoms with van der Waals surface area (Å²) in [4.78, 5) is 4.32. The van der Waals surface area contributed by atoms with Gasteiger partial charge in [-0.2, -0.15) is 0 Å². The number of aromatic nitrogens is 6. The van der Waals surface area contributed by atoms with Crippen LogP contribution in [0.2, 0.25) is 0 Å². The van der Waals surface area contributed by atoms with Crippen LogP contribution in [0.15, 0.2) is 64.4 Å². The number of thioether (sulfide) groups is 1. The average molecular weight is 368 g/mol. The predicted octanol–water partition coefficient (Wildman–Crippen LogP) is 3.67. The van der Waals surface area contributed by atoms with Crippen molar-refractivity contribution in [3.8, 4) is 17.1 Å². The molecule has 0 bridgehead atoms. The first-order chi connectivity index (χ1) is 12.3. The third kappa shape index (κ3) is 3.37. The van der Waals surface area contributed by atoms with Gasteiger partial charge >= 0.3 is 0 Å². The summed E-state index contributed by atoms with van der Waals surface area (Å²) in [5.41, 5.74) is 1.92. The summed E-state index contributed by atoms with van der Waals surface area (Å²) < 4.78 is 7.31. The van der Waals surface area contributed by atoms with E-state index in [1.165, 1.54) is 11.8 Å². The van der Waals surface area contributed by atoms with Gasteiger partial charge in [-0.1, -0.05) is 30.0 Å². The maximum absolute atomic E-state index is 5.30. The number of H-pyrrole nitrogens is 1. The smallest absolute Gasteiger partial charge is 0.284 e. The monoisotopic (exact) mass is 368 g/mol. The zero-order valence-electron chi connectivity index (χ0n) is 12.9. The molecular weight excluding hydrogens is 356 g/mol. The standard InChI is InChI=1S/C16H12N6OS2/c24-16-21-18-13(23-16)10-25-15-20-19-14(11-6-8-17-9-7-11)22(15)12-4-2-1-3-5-12/h1-9H,10H2,(H,21,24). The molecule has 1 aromatic carbocycles. The fourth-order valence-corrected chi connectivity index (χ4v) is 3.25. The van der Waals surface area contributed by atoms with Gasteiger partial charge in [-0.25, -0.2) is 5.10 Å². The van der Waals surface area contributed by atoms with Crippen LogP contribution in [0, 0.1) is 4.84 Å². The van der Waals surface area contributed by atoms with Crippen LogP contribution in [0.1, 0.15) is 5.89 Å². The van der Waals surface area contributed by atoms with E-state index in [1.54, 1.807) is 12.4 Å². The molecule has 4 aromatic rings. The van der Waals surface area contributed by atoms with Gasteiger partial charge in [0, 0.05) is 23.6 Å².